The first-order valence-corrected chi connectivity index (χ1v) is 13.9. The lowest BCUT2D eigenvalue weighted by molar-refractivity contribution is -0.00806. The quantitative estimate of drug-likeness (QED) is 0.613. The van der Waals surface area contributed by atoms with E-state index >= 15 is 0 Å². The van der Waals surface area contributed by atoms with Crippen molar-refractivity contribution in [3.63, 3.8) is 0 Å². The molecule has 5 nitrogen and oxygen atoms in total. The van der Waals surface area contributed by atoms with Crippen molar-refractivity contribution in [3.05, 3.63) is 77.9 Å². The van der Waals surface area contributed by atoms with Crippen LogP contribution < -0.4 is 4.72 Å². The number of hydrogen-bond acceptors (Lipinski definition) is 4. The van der Waals surface area contributed by atoms with Crippen LogP contribution in [0.15, 0.2) is 66.7 Å². The van der Waals surface area contributed by atoms with Crippen molar-refractivity contribution in [3.8, 4) is 0 Å². The number of hydrogen-bond donors (Lipinski definition) is 1. The molecule has 0 spiro atoms. The summed E-state index contributed by atoms with van der Waals surface area (Å²) in [6, 6.07) is 21.3. The molecule has 4 rings (SSSR count). The molecule has 0 radical (unpaired) electrons. The number of rotatable bonds is 8. The highest BCUT2D eigenvalue weighted by molar-refractivity contribution is 7.88. The molecule has 1 N–H and O–H groups in total. The minimum atomic E-state index is -3.26. The van der Waals surface area contributed by atoms with E-state index in [1.807, 2.05) is 12.1 Å². The lowest BCUT2D eigenvalue weighted by Crippen LogP contribution is -2.52. The standard InChI is InChI=1S/C27H36N2O3S/c1-21(22-9-5-3-6-10-22)29-18-17-27(28-33(2,30)31)25(19-29)20-32-26-15-13-24(14-16-26)23-11-7-4-8-12-23/h3-13,21,25-28H,14-20H2,1-2H3/t21-,25?,26-,27?/m0/s1. The molecule has 2 unspecified atom stereocenters. The van der Waals surface area contributed by atoms with Crippen LogP contribution in [0.5, 0.6) is 0 Å². The van der Waals surface area contributed by atoms with Gasteiger partial charge in [0.05, 0.1) is 19.0 Å². The highest BCUT2D eigenvalue weighted by atomic mass is 32.2. The van der Waals surface area contributed by atoms with E-state index in [1.165, 1.54) is 23.0 Å². The second-order valence-electron chi connectivity index (χ2n) is 9.45. The van der Waals surface area contributed by atoms with Gasteiger partial charge in [-0.15, -0.1) is 0 Å². The van der Waals surface area contributed by atoms with Crippen LogP contribution in [0.25, 0.3) is 5.57 Å². The van der Waals surface area contributed by atoms with Gasteiger partial charge in [-0.3, -0.25) is 4.90 Å². The zero-order chi connectivity index (χ0) is 23.3. The summed E-state index contributed by atoms with van der Waals surface area (Å²) in [6.45, 7) is 4.49. The first kappa shape index (κ1) is 24.1. The highest BCUT2D eigenvalue weighted by Crippen LogP contribution is 2.31. The van der Waals surface area contributed by atoms with E-state index in [2.05, 4.69) is 71.2 Å². The number of ether oxygens (including phenoxy) is 1. The summed E-state index contributed by atoms with van der Waals surface area (Å²) in [5, 5.41) is 0. The molecule has 1 saturated heterocycles. The Hall–Kier alpha value is -1.99. The van der Waals surface area contributed by atoms with Crippen molar-refractivity contribution >= 4 is 15.6 Å². The first-order chi connectivity index (χ1) is 15.9. The number of nitrogens with zero attached hydrogens (tertiary/aromatic N) is 1. The maximum Gasteiger partial charge on any atom is 0.208 e. The van der Waals surface area contributed by atoms with Crippen molar-refractivity contribution in [2.75, 3.05) is 26.0 Å². The molecule has 0 saturated carbocycles. The van der Waals surface area contributed by atoms with E-state index < -0.39 is 10.0 Å². The largest absolute Gasteiger partial charge is 0.377 e. The van der Waals surface area contributed by atoms with Crippen molar-refractivity contribution in [1.82, 2.24) is 9.62 Å². The molecule has 1 aliphatic carbocycles. The Morgan fingerprint density at radius 2 is 1.76 bits per heavy atom. The summed E-state index contributed by atoms with van der Waals surface area (Å²) < 4.78 is 33.2. The summed E-state index contributed by atoms with van der Waals surface area (Å²) in [5.41, 5.74) is 3.98. The van der Waals surface area contributed by atoms with Crippen LogP contribution in [-0.4, -0.2) is 51.4 Å². The maximum atomic E-state index is 12.0. The number of allylic oxidation sites excluding steroid dienone is 1. The van der Waals surface area contributed by atoms with Gasteiger partial charge in [0, 0.05) is 31.1 Å². The van der Waals surface area contributed by atoms with Crippen LogP contribution in [0.3, 0.4) is 0 Å². The average Bonchev–Trinajstić information content (AvgIpc) is 2.83. The third-order valence-corrected chi connectivity index (χ3v) is 7.74. The molecule has 0 amide bonds. The van der Waals surface area contributed by atoms with E-state index in [0.717, 1.165) is 38.8 Å². The van der Waals surface area contributed by atoms with E-state index in [-0.39, 0.29) is 18.1 Å². The maximum absolute atomic E-state index is 12.0. The Balaban J connectivity index is 1.38. The lowest BCUT2D eigenvalue weighted by Gasteiger charge is -2.42. The van der Waals surface area contributed by atoms with Crippen molar-refractivity contribution in [1.29, 1.82) is 0 Å². The van der Waals surface area contributed by atoms with Gasteiger partial charge in [-0.25, -0.2) is 13.1 Å². The second kappa shape index (κ2) is 11.0. The molecule has 2 aromatic carbocycles. The van der Waals surface area contributed by atoms with E-state index in [4.69, 9.17) is 4.74 Å². The van der Waals surface area contributed by atoms with Gasteiger partial charge >= 0.3 is 0 Å². The topological polar surface area (TPSA) is 58.6 Å². The smallest absolute Gasteiger partial charge is 0.208 e. The van der Waals surface area contributed by atoms with Crippen molar-refractivity contribution in [2.24, 2.45) is 5.92 Å². The minimum Gasteiger partial charge on any atom is -0.377 e. The Kier molecular flexibility index (Phi) is 8.02. The molecular weight excluding hydrogens is 432 g/mol. The molecule has 178 valence electrons. The van der Waals surface area contributed by atoms with E-state index in [9.17, 15) is 8.42 Å². The van der Waals surface area contributed by atoms with Gasteiger partial charge in [0.25, 0.3) is 0 Å². The van der Waals surface area contributed by atoms with Gasteiger partial charge in [0.2, 0.25) is 10.0 Å². The minimum absolute atomic E-state index is 0.0850. The lowest BCUT2D eigenvalue weighted by atomic mass is 9.90. The third kappa shape index (κ3) is 6.76. The number of sulfonamides is 1. The zero-order valence-corrected chi connectivity index (χ0v) is 20.5. The van der Waals surface area contributed by atoms with Crippen LogP contribution in [0.1, 0.15) is 49.8 Å². The molecule has 2 aromatic rings. The SMILES string of the molecule is C[C@@H](c1ccccc1)N1CCC(NS(C)(=O)=O)C(CO[C@H]2CC=C(c3ccccc3)CC2)C1. The summed E-state index contributed by atoms with van der Waals surface area (Å²) in [5.74, 6) is 0.124. The number of likely N-dealkylation sites (tertiary alicyclic amines) is 1. The molecule has 1 aliphatic heterocycles. The number of piperidine rings is 1. The van der Waals surface area contributed by atoms with Gasteiger partial charge < -0.3 is 4.74 Å². The Morgan fingerprint density at radius 1 is 1.06 bits per heavy atom. The zero-order valence-electron chi connectivity index (χ0n) is 19.7. The van der Waals surface area contributed by atoms with Gasteiger partial charge in [-0.1, -0.05) is 66.7 Å². The Bertz CT molecular complexity index is 1020. The van der Waals surface area contributed by atoms with Crippen LogP contribution in [0, 0.1) is 5.92 Å². The van der Waals surface area contributed by atoms with Gasteiger partial charge in [-0.2, -0.15) is 0 Å². The van der Waals surface area contributed by atoms with Gasteiger partial charge in [0.1, 0.15) is 0 Å². The molecule has 2 aliphatic rings. The molecule has 6 heteroatoms. The number of nitrogens with one attached hydrogen (secondary N) is 1. The highest BCUT2D eigenvalue weighted by Gasteiger charge is 2.34. The monoisotopic (exact) mass is 468 g/mol. The molecule has 0 bridgehead atoms. The Morgan fingerprint density at radius 3 is 2.39 bits per heavy atom. The van der Waals surface area contributed by atoms with Crippen LogP contribution in [0.2, 0.25) is 0 Å². The number of benzene rings is 2. The first-order valence-electron chi connectivity index (χ1n) is 12.0. The third-order valence-electron chi connectivity index (χ3n) is 7.01. The van der Waals surface area contributed by atoms with Crippen LogP contribution in [0.4, 0.5) is 0 Å². The summed E-state index contributed by atoms with van der Waals surface area (Å²) in [6.07, 6.45) is 7.47. The van der Waals surface area contributed by atoms with E-state index in [1.54, 1.807) is 0 Å². The van der Waals surface area contributed by atoms with E-state index in [0.29, 0.717) is 12.6 Å². The fourth-order valence-corrected chi connectivity index (χ4v) is 5.95. The van der Waals surface area contributed by atoms with Gasteiger partial charge in [-0.05, 0) is 49.3 Å². The summed E-state index contributed by atoms with van der Waals surface area (Å²) >= 11 is 0. The predicted octanol–water partition coefficient (Wildman–Crippen LogP) is 4.64. The second-order valence-corrected chi connectivity index (χ2v) is 11.2. The molecule has 1 fully saturated rings. The normalized spacial score (nSPS) is 25.4. The van der Waals surface area contributed by atoms with Gasteiger partial charge in [0.15, 0.2) is 0 Å². The molecular formula is C27H36N2O3S. The molecule has 33 heavy (non-hydrogen) atoms. The Labute approximate surface area is 198 Å². The molecule has 4 atom stereocenters. The molecule has 1 heterocycles. The van der Waals surface area contributed by atoms with Crippen molar-refractivity contribution < 1.29 is 13.2 Å². The predicted molar refractivity (Wildman–Crippen MR) is 134 cm³/mol. The van der Waals surface area contributed by atoms with Crippen LogP contribution >= 0.6 is 0 Å². The molecule has 0 aromatic heterocycles. The summed E-state index contributed by atoms with van der Waals surface area (Å²) in [7, 11) is -3.26. The van der Waals surface area contributed by atoms with Crippen LogP contribution in [-0.2, 0) is 14.8 Å². The van der Waals surface area contributed by atoms with Crippen molar-refractivity contribution in [2.45, 2.75) is 50.8 Å². The average molecular weight is 469 g/mol. The fourth-order valence-electron chi connectivity index (χ4n) is 5.09. The fraction of sp³-hybridized carbons (Fsp3) is 0.481. The summed E-state index contributed by atoms with van der Waals surface area (Å²) in [4.78, 5) is 2.46.